The molecule has 7 heteroatoms. The number of benzene rings is 1. The van der Waals surface area contributed by atoms with Gasteiger partial charge in [0.25, 0.3) is 0 Å². The Morgan fingerprint density at radius 1 is 1.17 bits per heavy atom. The molecule has 0 aliphatic heterocycles. The summed E-state index contributed by atoms with van der Waals surface area (Å²) in [6.07, 6.45) is 1.42. The number of nitrogens with zero attached hydrogens (tertiary/aromatic N) is 2. The monoisotopic (exact) mass is 334 g/mol. The molecule has 1 aromatic heterocycles. The predicted molar refractivity (Wildman–Crippen MR) is 95.5 cm³/mol. The minimum absolute atomic E-state index is 0.0176. The van der Waals surface area contributed by atoms with E-state index in [1.54, 1.807) is 7.11 Å². The number of methoxy groups -OCH3 is 1. The molecule has 24 heavy (non-hydrogen) atoms. The molecule has 1 atom stereocenters. The van der Waals surface area contributed by atoms with Crippen molar-refractivity contribution in [1.82, 2.24) is 9.97 Å². The van der Waals surface area contributed by atoms with Crippen LogP contribution in [0.15, 0.2) is 18.3 Å². The molecular formula is C17H26N4O3. The van der Waals surface area contributed by atoms with Gasteiger partial charge < -0.3 is 26.0 Å². The number of nitrogens with two attached hydrogens (primary N) is 2. The van der Waals surface area contributed by atoms with Gasteiger partial charge in [0.15, 0.2) is 11.6 Å². The predicted octanol–water partition coefficient (Wildman–Crippen LogP) is 2.87. The van der Waals surface area contributed by atoms with E-state index in [0.717, 1.165) is 16.9 Å². The van der Waals surface area contributed by atoms with E-state index in [0.29, 0.717) is 11.5 Å². The summed E-state index contributed by atoms with van der Waals surface area (Å²) in [7, 11) is 1.60. The van der Waals surface area contributed by atoms with Crippen molar-refractivity contribution in [3.05, 3.63) is 29.5 Å². The molecular weight excluding hydrogens is 308 g/mol. The number of aryl methyl sites for hydroxylation is 1. The van der Waals surface area contributed by atoms with E-state index in [4.69, 9.17) is 20.9 Å². The summed E-state index contributed by atoms with van der Waals surface area (Å²) < 4.78 is 11.1. The van der Waals surface area contributed by atoms with E-state index in [2.05, 4.69) is 9.97 Å². The Morgan fingerprint density at radius 3 is 2.38 bits per heavy atom. The van der Waals surface area contributed by atoms with Crippen molar-refractivity contribution in [3.8, 4) is 17.2 Å². The van der Waals surface area contributed by atoms with Gasteiger partial charge in [0.1, 0.15) is 11.5 Å². The van der Waals surface area contributed by atoms with Gasteiger partial charge in [-0.25, -0.2) is 4.98 Å². The van der Waals surface area contributed by atoms with Gasteiger partial charge >= 0.3 is 0 Å². The number of aliphatic hydroxyl groups is 1. The average Bonchev–Trinajstić information content (AvgIpc) is 2.58. The highest BCUT2D eigenvalue weighted by atomic mass is 16.5. The molecule has 0 radical (unpaired) electrons. The second kappa shape index (κ2) is 8.93. The second-order valence-electron chi connectivity index (χ2n) is 5.02. The molecule has 7 nitrogen and oxygen atoms in total. The van der Waals surface area contributed by atoms with Crippen LogP contribution >= 0.6 is 0 Å². The third-order valence-electron chi connectivity index (χ3n) is 3.35. The van der Waals surface area contributed by atoms with Crippen LogP contribution in [-0.4, -0.2) is 28.8 Å². The number of hydrogen-bond acceptors (Lipinski definition) is 7. The zero-order valence-corrected chi connectivity index (χ0v) is 14.8. The van der Waals surface area contributed by atoms with Crippen molar-refractivity contribution in [2.24, 2.45) is 0 Å². The third kappa shape index (κ3) is 4.48. The van der Waals surface area contributed by atoms with E-state index >= 15 is 0 Å². The fraction of sp³-hybridized carbons (Fsp3) is 0.412. The SMILES string of the molecule is CC.COc1cc(C(C)CO)c(Oc2cnc(N)nc2N)cc1C. The Morgan fingerprint density at radius 2 is 1.83 bits per heavy atom. The smallest absolute Gasteiger partial charge is 0.222 e. The lowest BCUT2D eigenvalue weighted by Gasteiger charge is -2.18. The summed E-state index contributed by atoms with van der Waals surface area (Å²) >= 11 is 0. The van der Waals surface area contributed by atoms with Gasteiger partial charge in [-0.2, -0.15) is 4.98 Å². The van der Waals surface area contributed by atoms with Crippen molar-refractivity contribution in [1.29, 1.82) is 0 Å². The standard InChI is InChI=1S/C15H20N4O3.C2H6/c1-8-4-12(10(9(2)7-20)5-11(8)21-3)22-13-6-18-15(17)19-14(13)16;1-2/h4-6,9,20H,7H2,1-3H3,(H4,16,17,18,19);1-2H3. The van der Waals surface area contributed by atoms with Crippen molar-refractivity contribution in [2.45, 2.75) is 33.6 Å². The first-order valence-corrected chi connectivity index (χ1v) is 7.81. The molecule has 0 fully saturated rings. The van der Waals surface area contributed by atoms with Crippen LogP contribution in [0, 0.1) is 6.92 Å². The number of aromatic nitrogens is 2. The van der Waals surface area contributed by atoms with Crippen LogP contribution in [-0.2, 0) is 0 Å². The fourth-order valence-corrected chi connectivity index (χ4v) is 2.06. The highest BCUT2D eigenvalue weighted by Gasteiger charge is 2.17. The van der Waals surface area contributed by atoms with Crippen molar-refractivity contribution >= 4 is 11.8 Å². The lowest BCUT2D eigenvalue weighted by atomic mass is 9.98. The topological polar surface area (TPSA) is 117 Å². The fourth-order valence-electron chi connectivity index (χ4n) is 2.06. The molecule has 0 aliphatic rings. The Kier molecular flexibility index (Phi) is 7.26. The average molecular weight is 334 g/mol. The van der Waals surface area contributed by atoms with Crippen molar-refractivity contribution in [3.63, 3.8) is 0 Å². The van der Waals surface area contributed by atoms with Crippen LogP contribution in [0.4, 0.5) is 11.8 Å². The summed E-state index contributed by atoms with van der Waals surface area (Å²) in [5.74, 6) is 1.72. The van der Waals surface area contributed by atoms with E-state index in [1.165, 1.54) is 6.20 Å². The first kappa shape index (κ1) is 19.5. The lowest BCUT2D eigenvalue weighted by molar-refractivity contribution is 0.270. The number of anilines is 2. The van der Waals surface area contributed by atoms with Crippen LogP contribution in [0.5, 0.6) is 17.2 Å². The van der Waals surface area contributed by atoms with Gasteiger partial charge in [-0.05, 0) is 24.6 Å². The highest BCUT2D eigenvalue weighted by Crippen LogP contribution is 2.36. The molecule has 1 aromatic carbocycles. The summed E-state index contributed by atoms with van der Waals surface area (Å²) in [5.41, 5.74) is 13.0. The van der Waals surface area contributed by atoms with Gasteiger partial charge in [-0.1, -0.05) is 20.8 Å². The zero-order chi connectivity index (χ0) is 18.3. The maximum Gasteiger partial charge on any atom is 0.222 e. The first-order chi connectivity index (χ1) is 11.5. The summed E-state index contributed by atoms with van der Waals surface area (Å²) in [6.45, 7) is 7.78. The number of nitrogen functional groups attached to an aromatic ring is 2. The molecule has 0 spiro atoms. The zero-order valence-electron chi connectivity index (χ0n) is 14.8. The molecule has 2 aromatic rings. The van der Waals surface area contributed by atoms with Crippen molar-refractivity contribution < 1.29 is 14.6 Å². The summed E-state index contributed by atoms with van der Waals surface area (Å²) in [6, 6.07) is 3.68. The molecule has 5 N–H and O–H groups in total. The Balaban J connectivity index is 0.00000139. The largest absolute Gasteiger partial charge is 0.496 e. The van der Waals surface area contributed by atoms with E-state index in [1.807, 2.05) is 39.8 Å². The Labute approximate surface area is 142 Å². The third-order valence-corrected chi connectivity index (χ3v) is 3.35. The van der Waals surface area contributed by atoms with Crippen LogP contribution in [0.1, 0.15) is 37.8 Å². The van der Waals surface area contributed by atoms with E-state index < -0.39 is 0 Å². The molecule has 2 rings (SSSR count). The Hall–Kier alpha value is -2.54. The van der Waals surface area contributed by atoms with Crippen LogP contribution in [0.2, 0.25) is 0 Å². The molecule has 1 unspecified atom stereocenters. The lowest BCUT2D eigenvalue weighted by Crippen LogP contribution is -2.05. The summed E-state index contributed by atoms with van der Waals surface area (Å²) in [4.78, 5) is 7.74. The van der Waals surface area contributed by atoms with Gasteiger partial charge in [0.05, 0.1) is 13.3 Å². The minimum Gasteiger partial charge on any atom is -0.496 e. The molecule has 0 amide bonds. The minimum atomic E-state index is -0.125. The molecule has 0 saturated heterocycles. The van der Waals surface area contributed by atoms with Crippen molar-refractivity contribution in [2.75, 3.05) is 25.2 Å². The van der Waals surface area contributed by atoms with Gasteiger partial charge in [-0.15, -0.1) is 0 Å². The van der Waals surface area contributed by atoms with Gasteiger partial charge in [0.2, 0.25) is 5.95 Å². The highest BCUT2D eigenvalue weighted by molar-refractivity contribution is 5.53. The van der Waals surface area contributed by atoms with Gasteiger partial charge in [0, 0.05) is 18.1 Å². The Bertz CT molecular complexity index is 677. The molecule has 0 aliphatic carbocycles. The van der Waals surface area contributed by atoms with E-state index in [-0.39, 0.29) is 24.3 Å². The van der Waals surface area contributed by atoms with Crippen LogP contribution < -0.4 is 20.9 Å². The van der Waals surface area contributed by atoms with Crippen LogP contribution in [0.25, 0.3) is 0 Å². The number of aliphatic hydroxyl groups excluding tert-OH is 1. The van der Waals surface area contributed by atoms with Gasteiger partial charge in [-0.3, -0.25) is 0 Å². The molecule has 1 heterocycles. The normalized spacial score (nSPS) is 11.2. The second-order valence-corrected chi connectivity index (χ2v) is 5.02. The van der Waals surface area contributed by atoms with Crippen LogP contribution in [0.3, 0.4) is 0 Å². The molecule has 0 bridgehead atoms. The summed E-state index contributed by atoms with van der Waals surface area (Å²) in [5, 5.41) is 9.44. The number of hydrogen-bond donors (Lipinski definition) is 3. The quantitative estimate of drug-likeness (QED) is 0.769. The maximum atomic E-state index is 9.44. The number of rotatable bonds is 5. The first-order valence-electron chi connectivity index (χ1n) is 7.81. The number of ether oxygens (including phenoxy) is 2. The molecule has 132 valence electrons. The maximum absolute atomic E-state index is 9.44. The van der Waals surface area contributed by atoms with E-state index in [9.17, 15) is 5.11 Å². The molecule has 0 saturated carbocycles.